The van der Waals surface area contributed by atoms with E-state index in [9.17, 15) is 9.50 Å². The van der Waals surface area contributed by atoms with Crippen molar-refractivity contribution in [3.63, 3.8) is 0 Å². The normalized spacial score (nSPS) is 11.7. The second-order valence-corrected chi connectivity index (χ2v) is 3.25. The van der Waals surface area contributed by atoms with Gasteiger partial charge in [0.05, 0.1) is 6.10 Å². The SMILES string of the molecule is CC#CCC(O)c1ccc(Cl)cc1F. The van der Waals surface area contributed by atoms with Gasteiger partial charge in [-0.05, 0) is 19.1 Å². The first-order valence-corrected chi connectivity index (χ1v) is 4.55. The number of aliphatic hydroxyl groups excluding tert-OH is 1. The highest BCUT2D eigenvalue weighted by Crippen LogP contribution is 2.22. The topological polar surface area (TPSA) is 20.2 Å². The maximum Gasteiger partial charge on any atom is 0.130 e. The fourth-order valence-electron chi connectivity index (χ4n) is 1.08. The fourth-order valence-corrected chi connectivity index (χ4v) is 1.24. The van der Waals surface area contributed by atoms with Crippen molar-refractivity contribution in [2.24, 2.45) is 0 Å². The molecule has 0 amide bonds. The minimum absolute atomic E-state index is 0.231. The number of hydrogen-bond donors (Lipinski definition) is 1. The highest BCUT2D eigenvalue weighted by atomic mass is 35.5. The van der Waals surface area contributed by atoms with E-state index in [4.69, 9.17) is 11.6 Å². The van der Waals surface area contributed by atoms with Gasteiger partial charge < -0.3 is 5.11 Å². The van der Waals surface area contributed by atoms with Crippen LogP contribution in [-0.2, 0) is 0 Å². The van der Waals surface area contributed by atoms with Crippen molar-refractivity contribution in [3.8, 4) is 11.8 Å². The Kier molecular flexibility index (Phi) is 3.94. The predicted molar refractivity (Wildman–Crippen MR) is 54.4 cm³/mol. The van der Waals surface area contributed by atoms with Crippen LogP contribution in [0.5, 0.6) is 0 Å². The summed E-state index contributed by atoms with van der Waals surface area (Å²) in [7, 11) is 0. The lowest BCUT2D eigenvalue weighted by Crippen LogP contribution is -1.99. The van der Waals surface area contributed by atoms with Gasteiger partial charge in [0, 0.05) is 17.0 Å². The molecule has 1 atom stereocenters. The average Bonchev–Trinajstić information content (AvgIpc) is 2.14. The van der Waals surface area contributed by atoms with Crippen molar-refractivity contribution in [1.82, 2.24) is 0 Å². The Balaban J connectivity index is 2.88. The molecular weight excluding hydrogens is 203 g/mol. The highest BCUT2D eigenvalue weighted by Gasteiger charge is 2.11. The average molecular weight is 213 g/mol. The largest absolute Gasteiger partial charge is 0.387 e. The fraction of sp³-hybridized carbons (Fsp3) is 0.273. The Morgan fingerprint density at radius 2 is 2.29 bits per heavy atom. The molecule has 3 heteroatoms. The van der Waals surface area contributed by atoms with Gasteiger partial charge >= 0.3 is 0 Å². The van der Waals surface area contributed by atoms with Gasteiger partial charge in [-0.2, -0.15) is 0 Å². The standard InChI is InChI=1S/C11H10ClFO/c1-2-3-4-11(14)9-6-5-8(12)7-10(9)13/h5-7,11,14H,4H2,1H3. The first kappa shape index (κ1) is 11.0. The van der Waals surface area contributed by atoms with Crippen molar-refractivity contribution >= 4 is 11.6 Å². The van der Waals surface area contributed by atoms with E-state index in [0.29, 0.717) is 5.02 Å². The monoisotopic (exact) mass is 212 g/mol. The lowest BCUT2D eigenvalue weighted by molar-refractivity contribution is 0.179. The summed E-state index contributed by atoms with van der Waals surface area (Å²) in [6.07, 6.45) is -0.658. The van der Waals surface area contributed by atoms with Crippen molar-refractivity contribution < 1.29 is 9.50 Å². The Morgan fingerprint density at radius 1 is 1.57 bits per heavy atom. The summed E-state index contributed by atoms with van der Waals surface area (Å²) in [5, 5.41) is 9.86. The molecule has 1 unspecified atom stereocenters. The number of aliphatic hydroxyl groups is 1. The molecule has 0 aliphatic rings. The third-order valence-corrected chi connectivity index (χ3v) is 2.03. The lowest BCUT2D eigenvalue weighted by atomic mass is 10.1. The highest BCUT2D eigenvalue weighted by molar-refractivity contribution is 6.30. The van der Waals surface area contributed by atoms with Gasteiger partial charge in [0.15, 0.2) is 0 Å². The van der Waals surface area contributed by atoms with Crippen molar-refractivity contribution in [2.75, 3.05) is 0 Å². The second-order valence-electron chi connectivity index (χ2n) is 2.81. The van der Waals surface area contributed by atoms with Crippen LogP contribution in [-0.4, -0.2) is 5.11 Å². The van der Waals surface area contributed by atoms with Gasteiger partial charge in [0.1, 0.15) is 5.82 Å². The summed E-state index contributed by atoms with van der Waals surface area (Å²) in [4.78, 5) is 0. The molecular formula is C11H10ClFO. The number of halogens is 2. The van der Waals surface area contributed by atoms with Crippen molar-refractivity contribution in [1.29, 1.82) is 0 Å². The minimum atomic E-state index is -0.889. The van der Waals surface area contributed by atoms with Crippen LogP contribution in [0.2, 0.25) is 5.02 Å². The predicted octanol–water partition coefficient (Wildman–Crippen LogP) is 2.93. The van der Waals surface area contributed by atoms with Gasteiger partial charge in [-0.1, -0.05) is 17.7 Å². The summed E-state index contributed by atoms with van der Waals surface area (Å²) in [5.74, 6) is 4.83. The number of benzene rings is 1. The van der Waals surface area contributed by atoms with Crippen molar-refractivity contribution in [3.05, 3.63) is 34.6 Å². The first-order valence-electron chi connectivity index (χ1n) is 4.17. The van der Waals surface area contributed by atoms with E-state index in [-0.39, 0.29) is 12.0 Å². The summed E-state index contributed by atoms with van der Waals surface area (Å²) in [5.41, 5.74) is 0.233. The first-order chi connectivity index (χ1) is 6.65. The van der Waals surface area contributed by atoms with E-state index < -0.39 is 11.9 Å². The van der Waals surface area contributed by atoms with Crippen LogP contribution >= 0.6 is 11.6 Å². The van der Waals surface area contributed by atoms with E-state index >= 15 is 0 Å². The van der Waals surface area contributed by atoms with Gasteiger partial charge in [0.2, 0.25) is 0 Å². The van der Waals surface area contributed by atoms with Crippen LogP contribution in [0.25, 0.3) is 0 Å². The molecule has 1 aromatic carbocycles. The Bertz CT molecular complexity index is 379. The Hall–Kier alpha value is -1.04. The molecule has 0 bridgehead atoms. The summed E-state index contributed by atoms with van der Waals surface area (Å²) in [6, 6.07) is 4.20. The Morgan fingerprint density at radius 3 is 2.86 bits per heavy atom. The zero-order valence-electron chi connectivity index (χ0n) is 7.72. The summed E-state index contributed by atoms with van der Waals surface area (Å²) in [6.45, 7) is 1.67. The molecule has 0 aliphatic carbocycles. The third kappa shape index (κ3) is 2.73. The van der Waals surface area contributed by atoms with Crippen molar-refractivity contribution in [2.45, 2.75) is 19.4 Å². The van der Waals surface area contributed by atoms with E-state index in [1.165, 1.54) is 12.1 Å². The van der Waals surface area contributed by atoms with Crippen LogP contribution < -0.4 is 0 Å². The van der Waals surface area contributed by atoms with Gasteiger partial charge in [0.25, 0.3) is 0 Å². The maximum absolute atomic E-state index is 13.2. The molecule has 1 N–H and O–H groups in total. The van der Waals surface area contributed by atoms with Crippen LogP contribution in [0.3, 0.4) is 0 Å². The molecule has 0 radical (unpaired) electrons. The molecule has 1 aromatic rings. The zero-order chi connectivity index (χ0) is 10.6. The molecule has 0 aromatic heterocycles. The molecule has 0 heterocycles. The third-order valence-electron chi connectivity index (χ3n) is 1.79. The van der Waals surface area contributed by atoms with Crippen LogP contribution in [0.15, 0.2) is 18.2 Å². The smallest absolute Gasteiger partial charge is 0.130 e. The maximum atomic E-state index is 13.2. The molecule has 0 fully saturated rings. The van der Waals surface area contributed by atoms with Crippen LogP contribution in [0, 0.1) is 17.7 Å². The summed E-state index contributed by atoms with van der Waals surface area (Å²) >= 11 is 5.58. The molecule has 1 rings (SSSR count). The van der Waals surface area contributed by atoms with Gasteiger partial charge in [-0.3, -0.25) is 0 Å². The lowest BCUT2D eigenvalue weighted by Gasteiger charge is -2.08. The molecule has 74 valence electrons. The molecule has 0 aliphatic heterocycles. The van der Waals surface area contributed by atoms with E-state index in [1.54, 1.807) is 13.0 Å². The minimum Gasteiger partial charge on any atom is -0.387 e. The second kappa shape index (κ2) is 4.99. The molecule has 0 saturated carbocycles. The number of rotatable bonds is 2. The molecule has 0 saturated heterocycles. The van der Waals surface area contributed by atoms with Gasteiger partial charge in [-0.15, -0.1) is 11.8 Å². The van der Waals surface area contributed by atoms with E-state index in [0.717, 1.165) is 0 Å². The quantitative estimate of drug-likeness (QED) is 0.748. The number of hydrogen-bond acceptors (Lipinski definition) is 1. The van der Waals surface area contributed by atoms with E-state index in [1.807, 2.05) is 0 Å². The Labute approximate surface area is 87.5 Å². The molecule has 1 nitrogen and oxygen atoms in total. The summed E-state index contributed by atoms with van der Waals surface area (Å²) < 4.78 is 13.2. The van der Waals surface area contributed by atoms with E-state index in [2.05, 4.69) is 11.8 Å². The zero-order valence-corrected chi connectivity index (χ0v) is 8.48. The van der Waals surface area contributed by atoms with Gasteiger partial charge in [-0.25, -0.2) is 4.39 Å². The van der Waals surface area contributed by atoms with Crippen LogP contribution in [0.4, 0.5) is 4.39 Å². The molecule has 14 heavy (non-hydrogen) atoms. The molecule has 0 spiro atoms. The van der Waals surface area contributed by atoms with Crippen LogP contribution in [0.1, 0.15) is 25.0 Å².